The van der Waals surface area contributed by atoms with E-state index in [0.717, 1.165) is 10.4 Å². The topological polar surface area (TPSA) is 59.2 Å². The Bertz CT molecular complexity index is 824. The Balaban J connectivity index is 1.82. The van der Waals surface area contributed by atoms with Crippen molar-refractivity contribution >= 4 is 17.2 Å². The fourth-order valence-corrected chi connectivity index (χ4v) is 3.08. The van der Waals surface area contributed by atoms with E-state index in [0.29, 0.717) is 23.8 Å². The largest absolute Gasteiger partial charge is 0.337 e. The van der Waals surface area contributed by atoms with Crippen molar-refractivity contribution in [1.29, 1.82) is 0 Å². The normalized spacial score (nSPS) is 11.0. The minimum Gasteiger partial charge on any atom is -0.337 e. The van der Waals surface area contributed by atoms with Gasteiger partial charge in [-0.3, -0.25) is 4.79 Å². The van der Waals surface area contributed by atoms with Gasteiger partial charge in [-0.1, -0.05) is 29.4 Å². The number of thiophene rings is 1. The molecule has 0 aliphatic carbocycles. The molecule has 3 aromatic rings. The lowest BCUT2D eigenvalue weighted by Gasteiger charge is -2.25. The van der Waals surface area contributed by atoms with Gasteiger partial charge in [0.15, 0.2) is 0 Å². The molecule has 6 heteroatoms. The Morgan fingerprint density at radius 2 is 2.04 bits per heavy atom. The number of hydrogen-bond donors (Lipinski definition) is 0. The molecule has 2 aromatic heterocycles. The first-order chi connectivity index (χ1) is 11.6. The van der Waals surface area contributed by atoms with Gasteiger partial charge in [0.25, 0.3) is 5.91 Å². The summed E-state index contributed by atoms with van der Waals surface area (Å²) in [4.78, 5) is 20.0. The molecule has 0 radical (unpaired) electrons. The van der Waals surface area contributed by atoms with Crippen LogP contribution in [0.25, 0.3) is 10.7 Å². The van der Waals surface area contributed by atoms with Crippen LogP contribution < -0.4 is 0 Å². The van der Waals surface area contributed by atoms with Crippen molar-refractivity contribution in [3.8, 4) is 10.7 Å². The van der Waals surface area contributed by atoms with Crippen LogP contribution in [-0.4, -0.2) is 27.0 Å². The van der Waals surface area contributed by atoms with Crippen LogP contribution in [0.1, 0.15) is 35.7 Å². The molecule has 0 aliphatic rings. The van der Waals surface area contributed by atoms with Crippen molar-refractivity contribution in [1.82, 2.24) is 15.0 Å². The molecule has 1 aromatic carbocycles. The van der Waals surface area contributed by atoms with Gasteiger partial charge in [0, 0.05) is 11.6 Å². The lowest BCUT2D eigenvalue weighted by molar-refractivity contribution is 0.0666. The molecule has 2 heterocycles. The average molecular weight is 341 g/mol. The minimum absolute atomic E-state index is 0.0224. The lowest BCUT2D eigenvalue weighted by Crippen LogP contribution is -2.36. The first-order valence-corrected chi connectivity index (χ1v) is 8.67. The first kappa shape index (κ1) is 16.4. The van der Waals surface area contributed by atoms with Crippen molar-refractivity contribution in [3.05, 3.63) is 58.8 Å². The molecule has 5 nitrogen and oxygen atoms in total. The third-order valence-corrected chi connectivity index (χ3v) is 4.64. The summed E-state index contributed by atoms with van der Waals surface area (Å²) in [5.41, 5.74) is 1.65. The van der Waals surface area contributed by atoms with Crippen molar-refractivity contribution in [2.75, 3.05) is 0 Å². The summed E-state index contributed by atoms with van der Waals surface area (Å²) in [7, 11) is 0. The van der Waals surface area contributed by atoms with Gasteiger partial charge in [0.05, 0.1) is 4.88 Å². The lowest BCUT2D eigenvalue weighted by atomic mass is 10.1. The third kappa shape index (κ3) is 3.38. The van der Waals surface area contributed by atoms with Crippen molar-refractivity contribution < 1.29 is 9.32 Å². The van der Waals surface area contributed by atoms with Crippen molar-refractivity contribution in [3.63, 3.8) is 0 Å². The highest BCUT2D eigenvalue weighted by Gasteiger charge is 2.23. The van der Waals surface area contributed by atoms with Crippen molar-refractivity contribution in [2.24, 2.45) is 0 Å². The number of carbonyl (C=O) groups is 1. The maximum absolute atomic E-state index is 12.9. The smallest absolute Gasteiger partial charge is 0.254 e. The predicted octanol–water partition coefficient (Wildman–Crippen LogP) is 4.16. The van der Waals surface area contributed by atoms with Crippen LogP contribution >= 0.6 is 11.3 Å². The number of rotatable bonds is 5. The zero-order chi connectivity index (χ0) is 17.1. The molecule has 124 valence electrons. The molecule has 0 aliphatic heterocycles. The number of benzene rings is 1. The highest BCUT2D eigenvalue weighted by Crippen LogP contribution is 2.22. The predicted molar refractivity (Wildman–Crippen MR) is 93.8 cm³/mol. The summed E-state index contributed by atoms with van der Waals surface area (Å²) in [6.45, 7) is 6.19. The van der Waals surface area contributed by atoms with Gasteiger partial charge in [-0.2, -0.15) is 4.98 Å². The molecule has 0 N–H and O–H groups in total. The van der Waals surface area contributed by atoms with Crippen LogP contribution in [0.2, 0.25) is 0 Å². The molecule has 0 saturated heterocycles. The number of carbonyl (C=O) groups excluding carboxylic acids is 1. The number of aromatic nitrogens is 2. The number of aryl methyl sites for hydroxylation is 1. The highest BCUT2D eigenvalue weighted by atomic mass is 32.1. The first-order valence-electron chi connectivity index (χ1n) is 7.79. The highest BCUT2D eigenvalue weighted by molar-refractivity contribution is 7.13. The minimum atomic E-state index is -0.0287. The monoisotopic (exact) mass is 341 g/mol. The van der Waals surface area contributed by atoms with E-state index in [1.165, 1.54) is 0 Å². The summed E-state index contributed by atoms with van der Waals surface area (Å²) in [6.07, 6.45) is 0. The van der Waals surface area contributed by atoms with Crippen molar-refractivity contribution in [2.45, 2.75) is 33.4 Å². The average Bonchev–Trinajstić information content (AvgIpc) is 3.23. The van der Waals surface area contributed by atoms with E-state index in [2.05, 4.69) is 10.1 Å². The summed E-state index contributed by atoms with van der Waals surface area (Å²) in [6, 6.07) is 11.5. The Labute approximate surface area is 144 Å². The SMILES string of the molecule is Cc1ccccc1C(=O)N(Cc1nc(-c2cccs2)no1)C(C)C. The summed E-state index contributed by atoms with van der Waals surface area (Å²) in [5, 5.41) is 5.97. The van der Waals surface area contributed by atoms with Gasteiger partial charge in [-0.05, 0) is 43.8 Å². The molecular formula is C18H19N3O2S. The van der Waals surface area contributed by atoms with E-state index in [4.69, 9.17) is 4.52 Å². The second kappa shape index (κ2) is 6.97. The van der Waals surface area contributed by atoms with E-state index >= 15 is 0 Å². The Kier molecular flexibility index (Phi) is 4.76. The van der Waals surface area contributed by atoms with Crippen LogP contribution in [0.4, 0.5) is 0 Å². The molecule has 0 fully saturated rings. The van der Waals surface area contributed by atoms with Crippen LogP contribution in [0.5, 0.6) is 0 Å². The van der Waals surface area contributed by atoms with E-state index in [-0.39, 0.29) is 11.9 Å². The third-order valence-electron chi connectivity index (χ3n) is 3.77. The van der Waals surface area contributed by atoms with E-state index in [1.807, 2.05) is 62.5 Å². The summed E-state index contributed by atoms with van der Waals surface area (Å²) >= 11 is 1.55. The van der Waals surface area contributed by atoms with Gasteiger partial charge in [-0.25, -0.2) is 0 Å². The van der Waals surface area contributed by atoms with Gasteiger partial charge in [0.1, 0.15) is 6.54 Å². The fourth-order valence-electron chi connectivity index (χ4n) is 2.43. The second-order valence-electron chi connectivity index (χ2n) is 5.83. The Morgan fingerprint density at radius 3 is 2.71 bits per heavy atom. The molecule has 3 rings (SSSR count). The quantitative estimate of drug-likeness (QED) is 0.699. The van der Waals surface area contributed by atoms with Crippen LogP contribution in [0.15, 0.2) is 46.3 Å². The molecule has 0 unspecified atom stereocenters. The van der Waals surface area contributed by atoms with Gasteiger partial charge < -0.3 is 9.42 Å². The molecule has 24 heavy (non-hydrogen) atoms. The number of nitrogens with zero attached hydrogens (tertiary/aromatic N) is 3. The molecule has 0 saturated carbocycles. The van der Waals surface area contributed by atoms with Gasteiger partial charge in [0.2, 0.25) is 11.7 Å². The molecule has 0 spiro atoms. The summed E-state index contributed by atoms with van der Waals surface area (Å²) < 4.78 is 5.34. The van der Waals surface area contributed by atoms with Crippen LogP contribution in [0, 0.1) is 6.92 Å². The summed E-state index contributed by atoms with van der Waals surface area (Å²) in [5.74, 6) is 0.972. The molecular weight excluding hydrogens is 322 g/mol. The fraction of sp³-hybridized carbons (Fsp3) is 0.278. The molecule has 0 atom stereocenters. The second-order valence-corrected chi connectivity index (χ2v) is 6.78. The van der Waals surface area contributed by atoms with E-state index in [1.54, 1.807) is 16.2 Å². The van der Waals surface area contributed by atoms with E-state index < -0.39 is 0 Å². The van der Waals surface area contributed by atoms with E-state index in [9.17, 15) is 4.79 Å². The number of hydrogen-bond acceptors (Lipinski definition) is 5. The Morgan fingerprint density at radius 1 is 1.25 bits per heavy atom. The Hall–Kier alpha value is -2.47. The van der Waals surface area contributed by atoms with Gasteiger partial charge >= 0.3 is 0 Å². The standard InChI is InChI=1S/C18H19N3O2S/c1-12(2)21(18(22)14-8-5-4-7-13(14)3)11-16-19-17(20-23-16)15-9-6-10-24-15/h4-10,12H,11H2,1-3H3. The maximum atomic E-state index is 12.9. The molecule has 0 bridgehead atoms. The van der Waals surface area contributed by atoms with Gasteiger partial charge in [-0.15, -0.1) is 11.3 Å². The zero-order valence-corrected chi connectivity index (χ0v) is 14.7. The number of amides is 1. The molecule has 1 amide bonds. The zero-order valence-electron chi connectivity index (χ0n) is 13.9. The van der Waals surface area contributed by atoms with Crippen LogP contribution in [-0.2, 0) is 6.54 Å². The van der Waals surface area contributed by atoms with Crippen LogP contribution in [0.3, 0.4) is 0 Å². The maximum Gasteiger partial charge on any atom is 0.254 e.